The Balaban J connectivity index is 1.49. The molecule has 2 aromatic rings. The highest BCUT2D eigenvalue weighted by atomic mass is 32.1. The number of nitrogens with zero attached hydrogens (tertiary/aromatic N) is 1. The second-order valence-corrected chi connectivity index (χ2v) is 5.48. The number of hydrogen-bond acceptors (Lipinski definition) is 1. The van der Waals surface area contributed by atoms with Gasteiger partial charge in [-0.25, -0.2) is 0 Å². The fourth-order valence-corrected chi connectivity index (χ4v) is 2.78. The van der Waals surface area contributed by atoms with Crippen LogP contribution >= 0.6 is 12.2 Å². The lowest BCUT2D eigenvalue weighted by molar-refractivity contribution is 0.438. The molecule has 2 aromatic carbocycles. The average Bonchev–Trinajstić information content (AvgIpc) is 2.92. The number of rotatable bonds is 3. The summed E-state index contributed by atoms with van der Waals surface area (Å²) >= 11 is 5.49. The van der Waals surface area contributed by atoms with Crippen molar-refractivity contribution >= 4 is 17.3 Å². The summed E-state index contributed by atoms with van der Waals surface area (Å²) in [6, 6.07) is 19.0. The molecule has 3 rings (SSSR count). The number of fused-ring (bicyclic) bond motifs is 1. The zero-order valence-electron chi connectivity index (χ0n) is 11.4. The Hall–Kier alpha value is -1.87. The Morgan fingerprint density at radius 3 is 2.20 bits per heavy atom. The minimum absolute atomic E-state index is 0.858. The number of thiocarbonyl (C=S) groups is 1. The van der Waals surface area contributed by atoms with Gasteiger partial charge in [0.1, 0.15) is 0 Å². The molecule has 0 aromatic heterocycles. The van der Waals surface area contributed by atoms with E-state index in [9.17, 15) is 0 Å². The van der Waals surface area contributed by atoms with Crippen molar-refractivity contribution in [1.29, 1.82) is 0 Å². The molecule has 1 N–H and O–H groups in total. The number of nitrogens with one attached hydrogen (secondary N) is 1. The highest BCUT2D eigenvalue weighted by Crippen LogP contribution is 2.21. The lowest BCUT2D eigenvalue weighted by Crippen LogP contribution is -2.37. The highest BCUT2D eigenvalue weighted by Gasteiger charge is 2.19. The van der Waals surface area contributed by atoms with Crippen molar-refractivity contribution in [3.05, 3.63) is 71.3 Å². The van der Waals surface area contributed by atoms with E-state index in [2.05, 4.69) is 58.7 Å². The van der Waals surface area contributed by atoms with Crippen molar-refractivity contribution in [2.75, 3.05) is 6.54 Å². The Kier molecular flexibility index (Phi) is 3.97. The number of hydrogen-bond donors (Lipinski definition) is 1. The average molecular weight is 282 g/mol. The van der Waals surface area contributed by atoms with E-state index in [0.717, 1.165) is 31.2 Å². The Labute approximate surface area is 125 Å². The maximum Gasteiger partial charge on any atom is 0.169 e. The summed E-state index contributed by atoms with van der Waals surface area (Å²) in [7, 11) is 0. The molecule has 1 aliphatic heterocycles. The van der Waals surface area contributed by atoms with Crippen LogP contribution in [0.1, 0.15) is 16.7 Å². The first-order valence-corrected chi connectivity index (χ1v) is 7.37. The molecule has 0 aliphatic carbocycles. The van der Waals surface area contributed by atoms with Gasteiger partial charge in [-0.3, -0.25) is 0 Å². The van der Waals surface area contributed by atoms with Gasteiger partial charge in [-0.15, -0.1) is 0 Å². The summed E-state index contributed by atoms with van der Waals surface area (Å²) in [6.07, 6.45) is 1.00. The second-order valence-electron chi connectivity index (χ2n) is 5.09. The smallest absolute Gasteiger partial charge is 0.169 e. The van der Waals surface area contributed by atoms with Crippen molar-refractivity contribution in [3.63, 3.8) is 0 Å². The quantitative estimate of drug-likeness (QED) is 0.871. The van der Waals surface area contributed by atoms with Crippen molar-refractivity contribution in [2.45, 2.75) is 19.5 Å². The van der Waals surface area contributed by atoms with Crippen molar-refractivity contribution in [3.8, 4) is 0 Å². The van der Waals surface area contributed by atoms with Gasteiger partial charge in [0.05, 0.1) is 0 Å². The lowest BCUT2D eigenvalue weighted by Gasteiger charge is -2.19. The molecule has 0 bridgehead atoms. The molecule has 3 heteroatoms. The standard InChI is InChI=1S/C17H18N2S/c20-17(18-11-10-14-6-2-1-3-7-14)19-12-15-8-4-5-9-16(15)13-19/h1-9H,10-13H2,(H,18,20). The second kappa shape index (κ2) is 6.06. The minimum Gasteiger partial charge on any atom is -0.362 e. The van der Waals surface area contributed by atoms with Gasteiger partial charge in [0.15, 0.2) is 5.11 Å². The summed E-state index contributed by atoms with van der Waals surface area (Å²) in [5.74, 6) is 0. The lowest BCUT2D eigenvalue weighted by atomic mass is 10.1. The van der Waals surface area contributed by atoms with E-state index < -0.39 is 0 Å². The van der Waals surface area contributed by atoms with Gasteiger partial charge < -0.3 is 10.2 Å². The van der Waals surface area contributed by atoms with E-state index in [-0.39, 0.29) is 0 Å². The van der Waals surface area contributed by atoms with Crippen LogP contribution in [0.5, 0.6) is 0 Å². The van der Waals surface area contributed by atoms with Crippen LogP contribution in [0.25, 0.3) is 0 Å². The van der Waals surface area contributed by atoms with Crippen molar-refractivity contribution in [2.24, 2.45) is 0 Å². The third kappa shape index (κ3) is 2.99. The first-order chi connectivity index (χ1) is 9.83. The van der Waals surface area contributed by atoms with Gasteiger partial charge in [-0.2, -0.15) is 0 Å². The summed E-state index contributed by atoms with van der Waals surface area (Å²) in [6.45, 7) is 2.73. The fraction of sp³-hybridized carbons (Fsp3) is 0.235. The third-order valence-electron chi connectivity index (χ3n) is 3.66. The Morgan fingerprint density at radius 1 is 0.950 bits per heavy atom. The fourth-order valence-electron chi connectivity index (χ4n) is 2.55. The normalized spacial score (nSPS) is 13.1. The maximum absolute atomic E-state index is 5.49. The molecule has 102 valence electrons. The topological polar surface area (TPSA) is 15.3 Å². The van der Waals surface area contributed by atoms with Crippen LogP contribution in [0.15, 0.2) is 54.6 Å². The molecule has 2 nitrogen and oxygen atoms in total. The summed E-state index contributed by atoms with van der Waals surface area (Å²) < 4.78 is 0. The van der Waals surface area contributed by atoms with Crippen LogP contribution < -0.4 is 5.32 Å². The molecule has 1 heterocycles. The van der Waals surface area contributed by atoms with Gasteiger partial charge in [-0.1, -0.05) is 54.6 Å². The summed E-state index contributed by atoms with van der Waals surface area (Å²) in [5, 5.41) is 4.22. The Bertz CT molecular complexity index is 570. The summed E-state index contributed by atoms with van der Waals surface area (Å²) in [4.78, 5) is 2.23. The molecule has 0 unspecified atom stereocenters. The Morgan fingerprint density at radius 2 is 1.55 bits per heavy atom. The van der Waals surface area contributed by atoms with Gasteiger partial charge in [-0.05, 0) is 35.3 Å². The van der Waals surface area contributed by atoms with E-state index >= 15 is 0 Å². The van der Waals surface area contributed by atoms with E-state index in [1.54, 1.807) is 0 Å². The predicted molar refractivity (Wildman–Crippen MR) is 86.4 cm³/mol. The van der Waals surface area contributed by atoms with E-state index in [4.69, 9.17) is 12.2 Å². The molecule has 20 heavy (non-hydrogen) atoms. The van der Waals surface area contributed by atoms with Crippen LogP contribution in [-0.4, -0.2) is 16.6 Å². The van der Waals surface area contributed by atoms with E-state index in [1.807, 2.05) is 6.07 Å². The minimum atomic E-state index is 0.858. The van der Waals surface area contributed by atoms with Gasteiger partial charge in [0.2, 0.25) is 0 Å². The molecule has 0 amide bonds. The van der Waals surface area contributed by atoms with Gasteiger partial charge in [0, 0.05) is 19.6 Å². The van der Waals surface area contributed by atoms with E-state index in [1.165, 1.54) is 16.7 Å². The van der Waals surface area contributed by atoms with Crippen LogP contribution in [0.3, 0.4) is 0 Å². The van der Waals surface area contributed by atoms with Crippen molar-refractivity contribution < 1.29 is 0 Å². The molecule has 0 saturated heterocycles. The van der Waals surface area contributed by atoms with Crippen LogP contribution in [0.2, 0.25) is 0 Å². The molecular weight excluding hydrogens is 264 g/mol. The predicted octanol–water partition coefficient (Wildman–Crippen LogP) is 3.12. The van der Waals surface area contributed by atoms with Gasteiger partial charge >= 0.3 is 0 Å². The van der Waals surface area contributed by atoms with Gasteiger partial charge in [0.25, 0.3) is 0 Å². The molecule has 0 atom stereocenters. The molecule has 0 saturated carbocycles. The molecular formula is C17H18N2S. The molecule has 0 radical (unpaired) electrons. The first-order valence-electron chi connectivity index (χ1n) is 6.96. The van der Waals surface area contributed by atoms with Crippen molar-refractivity contribution in [1.82, 2.24) is 10.2 Å². The maximum atomic E-state index is 5.49. The number of benzene rings is 2. The summed E-state index contributed by atoms with van der Waals surface area (Å²) in [5.41, 5.74) is 4.12. The van der Waals surface area contributed by atoms with Crippen LogP contribution in [-0.2, 0) is 19.5 Å². The zero-order valence-corrected chi connectivity index (χ0v) is 12.2. The zero-order chi connectivity index (χ0) is 13.8. The van der Waals surface area contributed by atoms with E-state index in [0.29, 0.717) is 0 Å². The largest absolute Gasteiger partial charge is 0.362 e. The molecule has 1 aliphatic rings. The van der Waals surface area contributed by atoms with Crippen LogP contribution in [0.4, 0.5) is 0 Å². The monoisotopic (exact) mass is 282 g/mol. The molecule has 0 fully saturated rings. The first kappa shape index (κ1) is 13.1. The third-order valence-corrected chi connectivity index (χ3v) is 4.06. The molecule has 0 spiro atoms. The SMILES string of the molecule is S=C(NCCc1ccccc1)N1Cc2ccccc2C1. The van der Waals surface area contributed by atoms with Crippen LogP contribution in [0, 0.1) is 0 Å². The highest BCUT2D eigenvalue weighted by molar-refractivity contribution is 7.80.